The first kappa shape index (κ1) is 15.3. The third-order valence-electron chi connectivity index (χ3n) is 3.69. The number of nitrogens with zero attached hydrogens (tertiary/aromatic N) is 4. The molecule has 6 nitrogen and oxygen atoms in total. The van der Waals surface area contributed by atoms with Crippen LogP contribution < -0.4 is 5.73 Å². The summed E-state index contributed by atoms with van der Waals surface area (Å²) in [6, 6.07) is 6.29. The fourth-order valence-corrected chi connectivity index (χ4v) is 1.98. The predicted molar refractivity (Wildman–Crippen MR) is 82.9 cm³/mol. The molecular weight excluding hydrogens is 266 g/mol. The minimum Gasteiger partial charge on any atom is -0.370 e. The first-order chi connectivity index (χ1) is 10.1. The van der Waals surface area contributed by atoms with Crippen molar-refractivity contribution >= 4 is 11.9 Å². The van der Waals surface area contributed by atoms with Gasteiger partial charge in [-0.1, -0.05) is 6.07 Å². The Balaban J connectivity index is 1.75. The standard InChI is InChI=1S/C15H23N5O/c1-19(10-8-12-5-3-4-9-17-12)14(21)11-18-15(16)20(2)13-6-7-13/h3-5,9,13H,6-8,10-11H2,1-2H3,(H2,16,18). The van der Waals surface area contributed by atoms with E-state index in [2.05, 4.69) is 9.98 Å². The van der Waals surface area contributed by atoms with E-state index in [-0.39, 0.29) is 12.5 Å². The maximum Gasteiger partial charge on any atom is 0.244 e. The van der Waals surface area contributed by atoms with Gasteiger partial charge in [0.2, 0.25) is 5.91 Å². The lowest BCUT2D eigenvalue weighted by Crippen LogP contribution is -2.37. The Hall–Kier alpha value is -2.11. The molecule has 2 rings (SSSR count). The molecule has 1 aliphatic carbocycles. The Kier molecular flexibility index (Phi) is 5.14. The van der Waals surface area contributed by atoms with Crippen LogP contribution in [-0.2, 0) is 11.2 Å². The monoisotopic (exact) mass is 289 g/mol. The van der Waals surface area contributed by atoms with Crippen molar-refractivity contribution in [3.8, 4) is 0 Å². The minimum absolute atomic E-state index is 0.0296. The summed E-state index contributed by atoms with van der Waals surface area (Å²) in [6.07, 6.45) is 4.81. The van der Waals surface area contributed by atoms with Crippen molar-refractivity contribution in [2.45, 2.75) is 25.3 Å². The third kappa shape index (κ3) is 4.73. The Labute approximate surface area is 125 Å². The maximum atomic E-state index is 12.0. The Bertz CT molecular complexity index is 498. The number of likely N-dealkylation sites (N-methyl/N-ethyl adjacent to an activating group) is 1. The highest BCUT2D eigenvalue weighted by molar-refractivity contribution is 5.84. The predicted octanol–water partition coefficient (Wildman–Crippen LogP) is 0.491. The third-order valence-corrected chi connectivity index (χ3v) is 3.69. The number of rotatable bonds is 6. The topological polar surface area (TPSA) is 74.8 Å². The number of amides is 1. The van der Waals surface area contributed by atoms with Gasteiger partial charge in [0.05, 0.1) is 0 Å². The molecule has 0 radical (unpaired) electrons. The molecule has 1 aromatic rings. The highest BCUT2D eigenvalue weighted by Crippen LogP contribution is 2.24. The normalized spacial score (nSPS) is 14.9. The largest absolute Gasteiger partial charge is 0.370 e. The number of guanidine groups is 1. The lowest BCUT2D eigenvalue weighted by atomic mass is 10.2. The van der Waals surface area contributed by atoms with Crippen LogP contribution in [0.3, 0.4) is 0 Å². The molecule has 2 N–H and O–H groups in total. The van der Waals surface area contributed by atoms with E-state index in [0.717, 1.165) is 25.0 Å². The van der Waals surface area contributed by atoms with Crippen molar-refractivity contribution in [1.29, 1.82) is 0 Å². The second kappa shape index (κ2) is 7.06. The average Bonchev–Trinajstić information content (AvgIpc) is 3.34. The van der Waals surface area contributed by atoms with Gasteiger partial charge < -0.3 is 15.5 Å². The van der Waals surface area contributed by atoms with Crippen LogP contribution in [0.1, 0.15) is 18.5 Å². The highest BCUT2D eigenvalue weighted by atomic mass is 16.2. The summed E-state index contributed by atoms with van der Waals surface area (Å²) in [5.41, 5.74) is 6.85. The first-order valence-corrected chi connectivity index (χ1v) is 7.24. The van der Waals surface area contributed by atoms with Gasteiger partial charge in [0.1, 0.15) is 6.54 Å². The zero-order valence-electron chi connectivity index (χ0n) is 12.7. The molecule has 0 aromatic carbocycles. The van der Waals surface area contributed by atoms with Crippen LogP contribution in [-0.4, -0.2) is 59.9 Å². The van der Waals surface area contributed by atoms with Crippen LogP contribution in [0, 0.1) is 0 Å². The molecule has 0 aliphatic heterocycles. The van der Waals surface area contributed by atoms with Crippen molar-refractivity contribution in [2.24, 2.45) is 10.7 Å². The van der Waals surface area contributed by atoms with Gasteiger partial charge in [0, 0.05) is 45.0 Å². The van der Waals surface area contributed by atoms with Crippen LogP contribution in [0.25, 0.3) is 0 Å². The second-order valence-corrected chi connectivity index (χ2v) is 5.40. The number of aliphatic imine (C=N–C) groups is 1. The van der Waals surface area contributed by atoms with Crippen molar-refractivity contribution in [2.75, 3.05) is 27.2 Å². The summed E-state index contributed by atoms with van der Waals surface area (Å²) in [7, 11) is 3.70. The van der Waals surface area contributed by atoms with E-state index in [0.29, 0.717) is 18.5 Å². The van der Waals surface area contributed by atoms with E-state index >= 15 is 0 Å². The average molecular weight is 289 g/mol. The van der Waals surface area contributed by atoms with Crippen molar-refractivity contribution in [3.63, 3.8) is 0 Å². The number of carbonyl (C=O) groups excluding carboxylic acids is 1. The summed E-state index contributed by atoms with van der Waals surface area (Å²) in [5.74, 6) is 0.419. The number of hydrogen-bond acceptors (Lipinski definition) is 3. The van der Waals surface area contributed by atoms with Gasteiger partial charge >= 0.3 is 0 Å². The van der Waals surface area contributed by atoms with Crippen LogP contribution >= 0.6 is 0 Å². The number of carbonyl (C=O) groups is 1. The van der Waals surface area contributed by atoms with Crippen molar-refractivity contribution in [1.82, 2.24) is 14.8 Å². The molecule has 6 heteroatoms. The zero-order valence-corrected chi connectivity index (χ0v) is 12.7. The molecular formula is C15H23N5O. The van der Waals surface area contributed by atoms with E-state index < -0.39 is 0 Å². The van der Waals surface area contributed by atoms with Crippen LogP contribution in [0.5, 0.6) is 0 Å². The minimum atomic E-state index is -0.0296. The molecule has 21 heavy (non-hydrogen) atoms. The Morgan fingerprint density at radius 3 is 2.81 bits per heavy atom. The number of aromatic nitrogens is 1. The quantitative estimate of drug-likeness (QED) is 0.611. The molecule has 1 saturated carbocycles. The molecule has 1 aliphatic rings. The molecule has 1 heterocycles. The molecule has 0 spiro atoms. The lowest BCUT2D eigenvalue weighted by molar-refractivity contribution is -0.128. The van der Waals surface area contributed by atoms with Crippen molar-refractivity contribution in [3.05, 3.63) is 30.1 Å². The van der Waals surface area contributed by atoms with Gasteiger partial charge in [-0.25, -0.2) is 4.99 Å². The van der Waals surface area contributed by atoms with E-state index in [1.165, 1.54) is 0 Å². The highest BCUT2D eigenvalue weighted by Gasteiger charge is 2.27. The lowest BCUT2D eigenvalue weighted by Gasteiger charge is -2.18. The van der Waals surface area contributed by atoms with E-state index in [1.807, 2.05) is 30.1 Å². The fraction of sp³-hybridized carbons (Fsp3) is 0.533. The molecule has 1 fully saturated rings. The van der Waals surface area contributed by atoms with Gasteiger partial charge in [-0.2, -0.15) is 0 Å². The summed E-state index contributed by atoms with van der Waals surface area (Å²) in [5, 5.41) is 0. The Morgan fingerprint density at radius 2 is 2.19 bits per heavy atom. The summed E-state index contributed by atoms with van der Waals surface area (Å²) >= 11 is 0. The molecule has 1 amide bonds. The molecule has 0 bridgehead atoms. The van der Waals surface area contributed by atoms with E-state index in [9.17, 15) is 4.79 Å². The van der Waals surface area contributed by atoms with Gasteiger partial charge in [0.25, 0.3) is 0 Å². The van der Waals surface area contributed by atoms with Crippen molar-refractivity contribution < 1.29 is 4.79 Å². The molecule has 0 saturated heterocycles. The Morgan fingerprint density at radius 1 is 1.43 bits per heavy atom. The van der Waals surface area contributed by atoms with E-state index in [1.54, 1.807) is 18.1 Å². The maximum absolute atomic E-state index is 12.0. The fourth-order valence-electron chi connectivity index (χ4n) is 1.98. The molecule has 0 atom stereocenters. The SMILES string of the molecule is CN(CCc1ccccn1)C(=O)CN=C(N)N(C)C1CC1. The first-order valence-electron chi connectivity index (χ1n) is 7.24. The van der Waals surface area contributed by atoms with Gasteiger partial charge in [-0.15, -0.1) is 0 Å². The zero-order chi connectivity index (χ0) is 15.2. The van der Waals surface area contributed by atoms with Crippen LogP contribution in [0.2, 0.25) is 0 Å². The number of pyridine rings is 1. The molecule has 114 valence electrons. The van der Waals surface area contributed by atoms with E-state index in [4.69, 9.17) is 5.73 Å². The smallest absolute Gasteiger partial charge is 0.244 e. The summed E-state index contributed by atoms with van der Waals surface area (Å²) in [6.45, 7) is 0.728. The molecule has 1 aromatic heterocycles. The number of nitrogens with two attached hydrogens (primary N) is 1. The summed E-state index contributed by atoms with van der Waals surface area (Å²) < 4.78 is 0. The van der Waals surface area contributed by atoms with Gasteiger partial charge in [0.15, 0.2) is 5.96 Å². The van der Waals surface area contributed by atoms with Crippen LogP contribution in [0.4, 0.5) is 0 Å². The summed E-state index contributed by atoms with van der Waals surface area (Å²) in [4.78, 5) is 24.0. The van der Waals surface area contributed by atoms with Gasteiger partial charge in [-0.05, 0) is 25.0 Å². The number of hydrogen-bond donors (Lipinski definition) is 1. The second-order valence-electron chi connectivity index (χ2n) is 5.40. The van der Waals surface area contributed by atoms with Gasteiger partial charge in [-0.3, -0.25) is 9.78 Å². The van der Waals surface area contributed by atoms with Crippen LogP contribution in [0.15, 0.2) is 29.4 Å². The molecule has 0 unspecified atom stereocenters.